The van der Waals surface area contributed by atoms with Gasteiger partial charge in [-0.25, -0.2) is 9.78 Å². The number of H-pyrrole nitrogens is 1. The third kappa shape index (κ3) is 1.93. The molecule has 0 aromatic carbocycles. The van der Waals surface area contributed by atoms with Crippen LogP contribution in [-0.2, 0) is 13.2 Å². The molecule has 3 aromatic rings. The predicted molar refractivity (Wildman–Crippen MR) is 75.0 cm³/mol. The molecule has 102 valence electrons. The number of aliphatic hydroxyl groups is 1. The van der Waals surface area contributed by atoms with Crippen molar-refractivity contribution in [3.8, 4) is 11.4 Å². The molecule has 3 rings (SSSR count). The van der Waals surface area contributed by atoms with Crippen LogP contribution < -0.4 is 11.2 Å². The van der Waals surface area contributed by atoms with Gasteiger partial charge in [0.2, 0.25) is 7.98 Å². The molecule has 0 spiro atoms. The molecule has 0 unspecified atom stereocenters. The lowest BCUT2D eigenvalue weighted by molar-refractivity contribution is 0.216. The van der Waals surface area contributed by atoms with Gasteiger partial charge in [-0.05, 0) is 0 Å². The van der Waals surface area contributed by atoms with Crippen molar-refractivity contribution in [2.24, 2.45) is 0 Å². The van der Waals surface area contributed by atoms with Crippen LogP contribution in [0, 0.1) is 0 Å². The minimum atomic E-state index is -0.792. The number of aliphatic hydroxyl groups excluding tert-OH is 1. The number of rotatable bonds is 3. The molecule has 0 fully saturated rings. The summed E-state index contributed by atoms with van der Waals surface area (Å²) in [5.41, 5.74) is -0.990. The van der Waals surface area contributed by atoms with Crippen molar-refractivity contribution in [2.45, 2.75) is 13.2 Å². The Bertz CT molecular complexity index is 937. The van der Waals surface area contributed by atoms with Crippen LogP contribution in [-0.4, -0.2) is 49.7 Å². The van der Waals surface area contributed by atoms with Gasteiger partial charge >= 0.3 is 5.69 Å². The Morgan fingerprint density at radius 2 is 2.14 bits per heavy atom. The molecule has 9 nitrogen and oxygen atoms in total. The van der Waals surface area contributed by atoms with Gasteiger partial charge < -0.3 is 9.58 Å². The molecule has 0 saturated carbocycles. The van der Waals surface area contributed by atoms with Gasteiger partial charge in [0.15, 0.2) is 11.2 Å². The van der Waals surface area contributed by atoms with Crippen molar-refractivity contribution in [2.75, 3.05) is 0 Å². The van der Waals surface area contributed by atoms with E-state index in [1.165, 1.54) is 15.4 Å². The zero-order chi connectivity index (χ0) is 15.1. The standard InChI is InChI=1S/C10H8B2N6O3/c11-3-16-2-5(1-13-16)7-14-8-6(17(7)4-19)9(20)15-10(21)18(8)12/h1-2,19H,3-4H2,(H,15,20,21). The monoisotopic (exact) mass is 282 g/mol. The maximum Gasteiger partial charge on any atom is 0.316 e. The first kappa shape index (κ1) is 13.4. The molecule has 21 heavy (non-hydrogen) atoms. The first-order valence-electron chi connectivity index (χ1n) is 5.91. The van der Waals surface area contributed by atoms with E-state index in [0.717, 1.165) is 0 Å². The lowest BCUT2D eigenvalue weighted by atomic mass is 10.2. The molecule has 0 bridgehead atoms. The Hall–Kier alpha value is -2.55. The van der Waals surface area contributed by atoms with E-state index < -0.39 is 18.0 Å². The highest BCUT2D eigenvalue weighted by Gasteiger charge is 2.18. The van der Waals surface area contributed by atoms with E-state index in [2.05, 4.69) is 15.1 Å². The Morgan fingerprint density at radius 3 is 2.76 bits per heavy atom. The van der Waals surface area contributed by atoms with Gasteiger partial charge in [-0.2, -0.15) is 5.10 Å². The molecule has 3 heterocycles. The smallest absolute Gasteiger partial charge is 0.316 e. The van der Waals surface area contributed by atoms with Gasteiger partial charge in [0.1, 0.15) is 12.6 Å². The van der Waals surface area contributed by atoms with Crippen LogP contribution in [0.15, 0.2) is 22.0 Å². The van der Waals surface area contributed by atoms with Crippen molar-refractivity contribution in [1.82, 2.24) is 28.8 Å². The molecular weight excluding hydrogens is 274 g/mol. The Kier molecular flexibility index (Phi) is 3.05. The maximum absolute atomic E-state index is 11.9. The number of hydrogen-bond acceptors (Lipinski definition) is 5. The largest absolute Gasteiger partial charge is 0.376 e. The highest BCUT2D eigenvalue weighted by molar-refractivity contribution is 6.10. The highest BCUT2D eigenvalue weighted by atomic mass is 16.3. The number of aromatic amines is 1. The molecule has 11 heteroatoms. The summed E-state index contributed by atoms with van der Waals surface area (Å²) in [5.74, 6) is 0.252. The second-order valence-electron chi connectivity index (χ2n) is 4.26. The van der Waals surface area contributed by atoms with Crippen molar-refractivity contribution < 1.29 is 5.11 Å². The SMILES string of the molecule is [B]Cn1cc(-c2nc3c(c(=O)[nH]c(=O)n3[B])n2CO)cn1. The summed E-state index contributed by atoms with van der Waals surface area (Å²) in [6, 6.07) is 0. The summed E-state index contributed by atoms with van der Waals surface area (Å²) in [6.45, 7) is -0.513. The fourth-order valence-corrected chi connectivity index (χ4v) is 2.08. The topological polar surface area (TPSA) is 111 Å². The molecule has 0 saturated heterocycles. The molecule has 0 aliphatic carbocycles. The van der Waals surface area contributed by atoms with E-state index in [4.69, 9.17) is 15.8 Å². The minimum absolute atomic E-state index is 0.00454. The van der Waals surface area contributed by atoms with Crippen LogP contribution in [0.2, 0.25) is 0 Å². The van der Waals surface area contributed by atoms with Crippen molar-refractivity contribution in [1.29, 1.82) is 0 Å². The van der Waals surface area contributed by atoms with Crippen LogP contribution >= 0.6 is 0 Å². The summed E-state index contributed by atoms with van der Waals surface area (Å²) in [5, 5.41) is 13.5. The fraction of sp³-hybridized carbons (Fsp3) is 0.200. The van der Waals surface area contributed by atoms with E-state index in [9.17, 15) is 14.7 Å². The normalized spacial score (nSPS) is 11.3. The summed E-state index contributed by atoms with van der Waals surface area (Å²) >= 11 is 0. The van der Waals surface area contributed by atoms with Crippen LogP contribution in [0.1, 0.15) is 0 Å². The molecule has 4 radical (unpaired) electrons. The summed E-state index contributed by atoms with van der Waals surface area (Å²) in [4.78, 5) is 29.6. The first-order chi connectivity index (χ1) is 10.1. The fourth-order valence-electron chi connectivity index (χ4n) is 2.08. The average Bonchev–Trinajstić information content (AvgIpc) is 3.08. The van der Waals surface area contributed by atoms with Crippen LogP contribution in [0.4, 0.5) is 0 Å². The summed E-state index contributed by atoms with van der Waals surface area (Å²) in [7, 11) is 11.0. The van der Waals surface area contributed by atoms with Crippen molar-refractivity contribution in [3.63, 3.8) is 0 Å². The van der Waals surface area contributed by atoms with Gasteiger partial charge in [-0.3, -0.25) is 19.0 Å². The van der Waals surface area contributed by atoms with E-state index >= 15 is 0 Å². The van der Waals surface area contributed by atoms with Crippen LogP contribution in [0.3, 0.4) is 0 Å². The second-order valence-corrected chi connectivity index (χ2v) is 4.26. The zero-order valence-electron chi connectivity index (χ0n) is 10.7. The summed E-state index contributed by atoms with van der Waals surface area (Å²) in [6.07, 6.45) is 3.25. The molecule has 2 N–H and O–H groups in total. The number of imidazole rings is 1. The Labute approximate surface area is 119 Å². The van der Waals surface area contributed by atoms with Gasteiger partial charge in [0.25, 0.3) is 5.56 Å². The lowest BCUT2D eigenvalue weighted by Gasteiger charge is -2.02. The Balaban J connectivity index is 2.39. The molecule has 0 aliphatic rings. The van der Waals surface area contributed by atoms with Crippen molar-refractivity contribution in [3.05, 3.63) is 33.2 Å². The van der Waals surface area contributed by atoms with Crippen LogP contribution in [0.5, 0.6) is 0 Å². The summed E-state index contributed by atoms with van der Waals surface area (Å²) < 4.78 is 3.39. The molecular formula is C10H8B2N6O3. The van der Waals surface area contributed by atoms with E-state index in [0.29, 0.717) is 10.0 Å². The van der Waals surface area contributed by atoms with Gasteiger partial charge in [0.05, 0.1) is 19.6 Å². The first-order valence-corrected chi connectivity index (χ1v) is 5.91. The number of aromatic nitrogens is 6. The third-order valence-corrected chi connectivity index (χ3v) is 3.05. The van der Waals surface area contributed by atoms with Gasteiger partial charge in [0, 0.05) is 12.6 Å². The lowest BCUT2D eigenvalue weighted by Crippen LogP contribution is -2.30. The van der Waals surface area contributed by atoms with Gasteiger partial charge in [-0.15, -0.1) is 0 Å². The van der Waals surface area contributed by atoms with E-state index in [-0.39, 0.29) is 23.4 Å². The third-order valence-electron chi connectivity index (χ3n) is 3.05. The van der Waals surface area contributed by atoms with Crippen LogP contribution in [0.25, 0.3) is 22.6 Å². The molecule has 0 amide bonds. The quantitative estimate of drug-likeness (QED) is 0.527. The second kappa shape index (κ2) is 4.77. The van der Waals surface area contributed by atoms with Crippen molar-refractivity contribution >= 4 is 27.0 Å². The predicted octanol–water partition coefficient (Wildman–Crippen LogP) is -2.24. The molecule has 0 aliphatic heterocycles. The zero-order valence-corrected chi connectivity index (χ0v) is 10.7. The van der Waals surface area contributed by atoms with E-state index in [1.807, 2.05) is 0 Å². The molecule has 0 atom stereocenters. The number of nitrogens with one attached hydrogen (secondary N) is 1. The highest BCUT2D eigenvalue weighted by Crippen LogP contribution is 2.21. The Morgan fingerprint density at radius 1 is 1.38 bits per heavy atom. The number of hydrogen-bond donors (Lipinski definition) is 2. The minimum Gasteiger partial charge on any atom is -0.376 e. The maximum atomic E-state index is 11.9. The molecule has 3 aromatic heterocycles. The van der Waals surface area contributed by atoms with Gasteiger partial charge in [-0.1, -0.05) is 0 Å². The number of nitrogens with zero attached hydrogens (tertiary/aromatic N) is 5. The average molecular weight is 282 g/mol. The number of fused-ring (bicyclic) bond motifs is 1. The van der Waals surface area contributed by atoms with E-state index in [1.54, 1.807) is 6.20 Å².